The number of carbonyl (C=O) groups is 5. The second kappa shape index (κ2) is 11.2. The molecule has 3 amide bonds. The fourth-order valence-electron chi connectivity index (χ4n) is 4.21. The van der Waals surface area contributed by atoms with Gasteiger partial charge in [-0.2, -0.15) is 0 Å². The molecule has 0 saturated heterocycles. The van der Waals surface area contributed by atoms with E-state index >= 15 is 0 Å². The number of hydrogen-bond donors (Lipinski definition) is 6. The molecule has 12 heteroatoms. The highest BCUT2D eigenvalue weighted by molar-refractivity contribution is 6.17. The molecule has 0 aliphatic rings. The van der Waals surface area contributed by atoms with E-state index in [1.54, 1.807) is 19.2 Å². The fraction of sp³-hybridized carbons (Fsp3) is 0.435. The van der Waals surface area contributed by atoms with Gasteiger partial charge in [0, 0.05) is 17.1 Å². The molecule has 12 nitrogen and oxygen atoms in total. The van der Waals surface area contributed by atoms with Crippen LogP contribution in [0.5, 0.6) is 0 Å². The number of carboxylic acids is 1. The molecule has 1 aromatic carbocycles. The number of nitrogens with two attached hydrogens (primary N) is 4. The van der Waals surface area contributed by atoms with E-state index in [-0.39, 0.29) is 12.8 Å². The summed E-state index contributed by atoms with van der Waals surface area (Å²) in [4.78, 5) is 67.5. The van der Waals surface area contributed by atoms with Crippen LogP contribution in [0, 0.1) is 5.92 Å². The average Bonchev–Trinajstić information content (AvgIpc) is 3.22. The normalized spacial score (nSPS) is 15.6. The maximum absolute atomic E-state index is 13.7. The van der Waals surface area contributed by atoms with Gasteiger partial charge >= 0.3 is 5.97 Å². The molecule has 4 unspecified atom stereocenters. The van der Waals surface area contributed by atoms with Gasteiger partial charge in [-0.05, 0) is 24.0 Å². The predicted octanol–water partition coefficient (Wildman–Crippen LogP) is -1.01. The number of carbonyl (C=O) groups excluding carboxylic acids is 4. The van der Waals surface area contributed by atoms with E-state index in [2.05, 4.69) is 4.98 Å². The minimum Gasteiger partial charge on any atom is -0.479 e. The van der Waals surface area contributed by atoms with Crippen molar-refractivity contribution in [3.05, 3.63) is 36.0 Å². The number of aromatic nitrogens is 1. The Balaban J connectivity index is 2.63. The topological polar surface area (TPSA) is 229 Å². The molecule has 4 atom stereocenters. The number of imide groups is 1. The maximum atomic E-state index is 13.7. The van der Waals surface area contributed by atoms with Crippen molar-refractivity contribution in [1.82, 2.24) is 9.88 Å². The first-order chi connectivity index (χ1) is 16.4. The predicted molar refractivity (Wildman–Crippen MR) is 128 cm³/mol. The standard InChI is InChI=1S/C23H32N6O6/c1-3-12(2)23(22(34)35,18(30)10-24)29(21(33)16(26)9-19(27)31)20(32)15(25)8-13-11-28-17-7-5-4-6-14(13)17/h4-7,11-12,15-16,28H,3,8-10,24-26H2,1-2H3,(H2,27,31)(H,34,35). The van der Waals surface area contributed by atoms with E-state index < -0.39 is 66.0 Å². The largest absolute Gasteiger partial charge is 0.479 e. The lowest BCUT2D eigenvalue weighted by atomic mass is 9.77. The number of aliphatic carboxylic acids is 1. The Morgan fingerprint density at radius 2 is 1.69 bits per heavy atom. The number of amides is 3. The van der Waals surface area contributed by atoms with Gasteiger partial charge < -0.3 is 33.0 Å². The summed E-state index contributed by atoms with van der Waals surface area (Å²) >= 11 is 0. The molecule has 2 rings (SSSR count). The van der Waals surface area contributed by atoms with Gasteiger partial charge in [-0.1, -0.05) is 38.5 Å². The molecule has 0 aliphatic heterocycles. The molecule has 2 aromatic rings. The van der Waals surface area contributed by atoms with Crippen molar-refractivity contribution in [2.24, 2.45) is 28.9 Å². The number of carboxylic acid groups (broad SMARTS) is 1. The number of nitrogens with one attached hydrogen (secondary N) is 1. The lowest BCUT2D eigenvalue weighted by molar-refractivity contribution is -0.175. The van der Waals surface area contributed by atoms with Crippen LogP contribution in [0.2, 0.25) is 0 Å². The Morgan fingerprint density at radius 1 is 1.09 bits per heavy atom. The molecule has 35 heavy (non-hydrogen) atoms. The molecule has 0 spiro atoms. The zero-order valence-corrected chi connectivity index (χ0v) is 19.7. The number of H-pyrrole nitrogens is 1. The SMILES string of the molecule is CCC(C)C(C(=O)O)(C(=O)CN)N(C(=O)C(N)CC(N)=O)C(=O)C(N)Cc1c[nH]c2ccccc12. The van der Waals surface area contributed by atoms with Gasteiger partial charge in [0.05, 0.1) is 25.0 Å². The molecule has 0 radical (unpaired) electrons. The van der Waals surface area contributed by atoms with Gasteiger partial charge in [0.1, 0.15) is 0 Å². The molecule has 1 heterocycles. The first kappa shape index (κ1) is 27.6. The second-order valence-electron chi connectivity index (χ2n) is 8.47. The van der Waals surface area contributed by atoms with E-state index in [4.69, 9.17) is 22.9 Å². The van der Waals surface area contributed by atoms with E-state index in [1.807, 2.05) is 18.2 Å². The summed E-state index contributed by atoms with van der Waals surface area (Å²) in [5, 5.41) is 11.0. The second-order valence-corrected chi connectivity index (χ2v) is 8.47. The summed E-state index contributed by atoms with van der Waals surface area (Å²) in [6, 6.07) is 4.15. The highest BCUT2D eigenvalue weighted by Gasteiger charge is 2.59. The Morgan fingerprint density at radius 3 is 2.23 bits per heavy atom. The summed E-state index contributed by atoms with van der Waals surface area (Å²) in [6.07, 6.45) is 0.989. The van der Waals surface area contributed by atoms with Crippen LogP contribution in [-0.4, -0.2) is 68.6 Å². The zero-order valence-electron chi connectivity index (χ0n) is 19.7. The number of Topliss-reactive ketones (excluding diaryl/α,β-unsaturated/α-hetero) is 1. The number of ketones is 1. The number of nitrogens with zero attached hydrogens (tertiary/aromatic N) is 1. The minimum atomic E-state index is -2.68. The molecule has 0 aliphatic carbocycles. The molecule has 10 N–H and O–H groups in total. The summed E-state index contributed by atoms with van der Waals surface area (Å²) < 4.78 is 0. The van der Waals surface area contributed by atoms with Crippen molar-refractivity contribution in [2.45, 2.75) is 50.7 Å². The Hall–Kier alpha value is -3.61. The van der Waals surface area contributed by atoms with Crippen molar-refractivity contribution in [3.8, 4) is 0 Å². The van der Waals surface area contributed by atoms with Gasteiger partial charge in [0.15, 0.2) is 5.78 Å². The lowest BCUT2D eigenvalue weighted by Crippen LogP contribution is -2.72. The number of hydrogen-bond acceptors (Lipinski definition) is 8. The van der Waals surface area contributed by atoms with E-state index in [9.17, 15) is 29.1 Å². The third-order valence-corrected chi connectivity index (χ3v) is 6.23. The number of primary amides is 1. The molecule has 0 saturated carbocycles. The van der Waals surface area contributed by atoms with Gasteiger partial charge in [-0.15, -0.1) is 0 Å². The van der Waals surface area contributed by atoms with Crippen LogP contribution >= 0.6 is 0 Å². The zero-order chi connectivity index (χ0) is 26.5. The number of para-hydroxylation sites is 1. The fourth-order valence-corrected chi connectivity index (χ4v) is 4.21. The van der Waals surface area contributed by atoms with Gasteiger partial charge in [-0.3, -0.25) is 24.1 Å². The molecule has 0 fully saturated rings. The van der Waals surface area contributed by atoms with E-state index in [0.717, 1.165) is 10.9 Å². The van der Waals surface area contributed by atoms with Gasteiger partial charge in [0.25, 0.3) is 0 Å². The smallest absolute Gasteiger partial charge is 0.338 e. The number of aromatic amines is 1. The Labute approximate surface area is 202 Å². The molecular formula is C23H32N6O6. The van der Waals surface area contributed by atoms with Gasteiger partial charge in [-0.25, -0.2) is 4.79 Å². The third-order valence-electron chi connectivity index (χ3n) is 6.23. The highest BCUT2D eigenvalue weighted by Crippen LogP contribution is 2.32. The summed E-state index contributed by atoms with van der Waals surface area (Å²) in [5.41, 5.74) is 21.4. The van der Waals surface area contributed by atoms with Crippen LogP contribution in [0.1, 0.15) is 32.3 Å². The van der Waals surface area contributed by atoms with Crippen molar-refractivity contribution >= 4 is 40.4 Å². The van der Waals surface area contributed by atoms with E-state index in [1.165, 1.54) is 6.92 Å². The summed E-state index contributed by atoms with van der Waals surface area (Å²) in [7, 11) is 0. The number of benzene rings is 1. The molecule has 1 aromatic heterocycles. The number of rotatable bonds is 12. The van der Waals surface area contributed by atoms with Crippen LogP contribution in [0.3, 0.4) is 0 Å². The third kappa shape index (κ3) is 5.24. The van der Waals surface area contributed by atoms with Crippen LogP contribution in [-0.2, 0) is 30.4 Å². The van der Waals surface area contributed by atoms with Gasteiger partial charge in [0.2, 0.25) is 23.3 Å². The Bertz CT molecular complexity index is 1130. The first-order valence-electron chi connectivity index (χ1n) is 11.1. The van der Waals surface area contributed by atoms with Crippen LogP contribution in [0.15, 0.2) is 30.5 Å². The highest BCUT2D eigenvalue weighted by atomic mass is 16.4. The van der Waals surface area contributed by atoms with E-state index in [0.29, 0.717) is 10.5 Å². The average molecular weight is 489 g/mol. The lowest BCUT2D eigenvalue weighted by Gasteiger charge is -2.43. The molecule has 190 valence electrons. The number of fused-ring (bicyclic) bond motifs is 1. The van der Waals surface area contributed by atoms with Crippen LogP contribution in [0.4, 0.5) is 0 Å². The first-order valence-corrected chi connectivity index (χ1v) is 11.1. The monoisotopic (exact) mass is 488 g/mol. The Kier molecular flexibility index (Phi) is 8.85. The van der Waals surface area contributed by atoms with Crippen molar-refractivity contribution in [2.75, 3.05) is 6.54 Å². The quantitative estimate of drug-likeness (QED) is 0.201. The van der Waals surface area contributed by atoms with Crippen LogP contribution < -0.4 is 22.9 Å². The molecular weight excluding hydrogens is 456 g/mol. The van der Waals surface area contributed by atoms with Crippen molar-refractivity contribution < 1.29 is 29.1 Å². The minimum absolute atomic E-state index is 0.0787. The maximum Gasteiger partial charge on any atom is 0.338 e. The van der Waals surface area contributed by atoms with Crippen molar-refractivity contribution in [1.29, 1.82) is 0 Å². The molecule has 0 bridgehead atoms. The summed E-state index contributed by atoms with van der Waals surface area (Å²) in [6.45, 7) is 2.23. The summed E-state index contributed by atoms with van der Waals surface area (Å²) in [5.74, 6) is -7.22. The van der Waals surface area contributed by atoms with Crippen LogP contribution in [0.25, 0.3) is 10.9 Å². The van der Waals surface area contributed by atoms with Crippen molar-refractivity contribution in [3.63, 3.8) is 0 Å².